The van der Waals surface area contributed by atoms with E-state index in [2.05, 4.69) is 26.1 Å². The minimum Gasteiger partial charge on any atom is -0.481 e. The highest BCUT2D eigenvalue weighted by Gasteiger charge is 2.20. The van der Waals surface area contributed by atoms with E-state index < -0.39 is 0 Å². The molecule has 0 unspecified atom stereocenters. The Morgan fingerprint density at radius 1 is 1.14 bits per heavy atom. The van der Waals surface area contributed by atoms with Crippen LogP contribution in [0.15, 0.2) is 40.9 Å². The third kappa shape index (κ3) is 5.85. The SMILES string of the molecule is CN1CCN(C(=O)c2cccc(NC(=O)COc3c(Cl)cc(Cl)cc3Br)c2)CC1. The zero-order valence-corrected chi connectivity index (χ0v) is 18.9. The van der Waals surface area contributed by atoms with Crippen LogP contribution < -0.4 is 10.1 Å². The lowest BCUT2D eigenvalue weighted by molar-refractivity contribution is -0.118. The van der Waals surface area contributed by atoms with Crippen LogP contribution in [0.1, 0.15) is 10.4 Å². The van der Waals surface area contributed by atoms with Gasteiger partial charge in [0.25, 0.3) is 11.8 Å². The normalized spacial score (nSPS) is 14.6. The summed E-state index contributed by atoms with van der Waals surface area (Å²) in [5.74, 6) is -0.0698. The highest BCUT2D eigenvalue weighted by molar-refractivity contribution is 9.10. The van der Waals surface area contributed by atoms with Crippen molar-refractivity contribution in [3.05, 3.63) is 56.5 Å². The van der Waals surface area contributed by atoms with Crippen molar-refractivity contribution in [1.82, 2.24) is 9.80 Å². The Hall–Kier alpha value is -1.80. The molecule has 29 heavy (non-hydrogen) atoms. The van der Waals surface area contributed by atoms with Crippen molar-refractivity contribution in [3.63, 3.8) is 0 Å². The first-order valence-electron chi connectivity index (χ1n) is 8.98. The number of carbonyl (C=O) groups is 2. The van der Waals surface area contributed by atoms with E-state index in [-0.39, 0.29) is 18.4 Å². The molecule has 1 saturated heterocycles. The fourth-order valence-corrected chi connectivity index (χ4v) is 4.29. The van der Waals surface area contributed by atoms with Crippen LogP contribution in [0.2, 0.25) is 10.0 Å². The number of amides is 2. The van der Waals surface area contributed by atoms with E-state index >= 15 is 0 Å². The zero-order chi connectivity index (χ0) is 21.0. The first kappa shape index (κ1) is 21.9. The van der Waals surface area contributed by atoms with Gasteiger partial charge in [0.15, 0.2) is 12.4 Å². The Kier molecular flexibility index (Phi) is 7.40. The molecule has 0 radical (unpaired) electrons. The number of anilines is 1. The van der Waals surface area contributed by atoms with Gasteiger partial charge in [-0.15, -0.1) is 0 Å². The van der Waals surface area contributed by atoms with E-state index in [9.17, 15) is 9.59 Å². The molecule has 0 aliphatic carbocycles. The van der Waals surface area contributed by atoms with Gasteiger partial charge in [-0.25, -0.2) is 0 Å². The second kappa shape index (κ2) is 9.80. The largest absolute Gasteiger partial charge is 0.481 e. The summed E-state index contributed by atoms with van der Waals surface area (Å²) in [6, 6.07) is 10.1. The molecule has 1 fully saturated rings. The van der Waals surface area contributed by atoms with Crippen molar-refractivity contribution in [2.75, 3.05) is 45.2 Å². The average Bonchev–Trinajstić information content (AvgIpc) is 2.67. The van der Waals surface area contributed by atoms with E-state index in [1.165, 1.54) is 6.07 Å². The standard InChI is InChI=1S/C20H20BrCl2N3O3/c1-25-5-7-26(8-6-25)20(28)13-3-2-4-15(9-13)24-18(27)12-29-19-16(21)10-14(22)11-17(19)23/h2-4,9-11H,5-8,12H2,1H3,(H,24,27). The van der Waals surface area contributed by atoms with Crippen molar-refractivity contribution in [2.24, 2.45) is 0 Å². The van der Waals surface area contributed by atoms with Crippen LogP contribution in [0, 0.1) is 0 Å². The van der Waals surface area contributed by atoms with Crippen molar-refractivity contribution < 1.29 is 14.3 Å². The first-order chi connectivity index (χ1) is 13.8. The molecule has 1 heterocycles. The van der Waals surface area contributed by atoms with Crippen LogP contribution in [0.25, 0.3) is 0 Å². The molecule has 0 aromatic heterocycles. The van der Waals surface area contributed by atoms with Crippen LogP contribution in [-0.2, 0) is 4.79 Å². The molecule has 0 bridgehead atoms. The minimum absolute atomic E-state index is 0.0395. The highest BCUT2D eigenvalue weighted by Crippen LogP contribution is 2.36. The highest BCUT2D eigenvalue weighted by atomic mass is 79.9. The summed E-state index contributed by atoms with van der Waals surface area (Å²) in [6.07, 6.45) is 0. The smallest absolute Gasteiger partial charge is 0.262 e. The van der Waals surface area contributed by atoms with E-state index in [0.717, 1.165) is 13.1 Å². The second-order valence-electron chi connectivity index (χ2n) is 6.71. The predicted octanol–water partition coefficient (Wildman–Crippen LogP) is 4.16. The Morgan fingerprint density at radius 3 is 2.55 bits per heavy atom. The number of benzene rings is 2. The third-order valence-corrected chi connectivity index (χ3v) is 5.58. The number of likely N-dealkylation sites (N-methyl/N-ethyl adjacent to an activating group) is 1. The number of nitrogens with zero attached hydrogens (tertiary/aromatic N) is 2. The minimum atomic E-state index is -0.368. The summed E-state index contributed by atoms with van der Waals surface area (Å²) in [6.45, 7) is 2.84. The molecular formula is C20H20BrCl2N3O3. The van der Waals surface area contributed by atoms with Gasteiger partial charge in [0.2, 0.25) is 0 Å². The maximum atomic E-state index is 12.7. The van der Waals surface area contributed by atoms with Crippen molar-refractivity contribution >= 4 is 56.6 Å². The fourth-order valence-electron chi connectivity index (χ4n) is 2.92. The quantitative estimate of drug-likeness (QED) is 0.669. The Balaban J connectivity index is 1.60. The first-order valence-corrected chi connectivity index (χ1v) is 10.5. The zero-order valence-electron chi connectivity index (χ0n) is 15.8. The van der Waals surface area contributed by atoms with Crippen molar-refractivity contribution in [3.8, 4) is 5.75 Å². The molecule has 0 spiro atoms. The Labute approximate surface area is 187 Å². The number of carbonyl (C=O) groups excluding carboxylic acids is 2. The number of nitrogens with one attached hydrogen (secondary N) is 1. The van der Waals surface area contributed by atoms with Gasteiger partial charge < -0.3 is 19.9 Å². The Morgan fingerprint density at radius 2 is 1.86 bits per heavy atom. The number of rotatable bonds is 5. The van der Waals surface area contributed by atoms with Gasteiger partial charge in [0.1, 0.15) is 0 Å². The number of hydrogen-bond acceptors (Lipinski definition) is 4. The van der Waals surface area contributed by atoms with Crippen LogP contribution in [0.3, 0.4) is 0 Å². The molecule has 6 nitrogen and oxygen atoms in total. The molecule has 2 aromatic carbocycles. The fraction of sp³-hybridized carbons (Fsp3) is 0.300. The van der Waals surface area contributed by atoms with E-state index in [0.29, 0.717) is 44.6 Å². The summed E-state index contributed by atoms with van der Waals surface area (Å²) in [5, 5.41) is 3.50. The molecule has 154 valence electrons. The monoisotopic (exact) mass is 499 g/mol. The number of hydrogen-bond donors (Lipinski definition) is 1. The van der Waals surface area contributed by atoms with Gasteiger partial charge in [-0.1, -0.05) is 29.3 Å². The maximum absolute atomic E-state index is 12.7. The maximum Gasteiger partial charge on any atom is 0.262 e. The molecule has 0 saturated carbocycles. The predicted molar refractivity (Wildman–Crippen MR) is 118 cm³/mol. The summed E-state index contributed by atoms with van der Waals surface area (Å²) in [4.78, 5) is 29.0. The summed E-state index contributed by atoms with van der Waals surface area (Å²) in [7, 11) is 2.04. The van der Waals surface area contributed by atoms with Gasteiger partial charge in [-0.05, 0) is 53.3 Å². The van der Waals surface area contributed by atoms with Gasteiger partial charge in [-0.2, -0.15) is 0 Å². The summed E-state index contributed by atoms with van der Waals surface area (Å²) in [5.41, 5.74) is 1.07. The third-order valence-electron chi connectivity index (χ3n) is 4.49. The lowest BCUT2D eigenvalue weighted by Gasteiger charge is -2.32. The Bertz CT molecular complexity index is 895. The molecule has 1 N–H and O–H groups in total. The average molecular weight is 501 g/mol. The topological polar surface area (TPSA) is 61.9 Å². The van der Waals surface area contributed by atoms with E-state index in [1.54, 1.807) is 30.3 Å². The van der Waals surface area contributed by atoms with Gasteiger partial charge in [-0.3, -0.25) is 9.59 Å². The van der Waals surface area contributed by atoms with Gasteiger partial charge in [0, 0.05) is 42.5 Å². The molecule has 2 amide bonds. The summed E-state index contributed by atoms with van der Waals surface area (Å²) >= 11 is 15.3. The molecule has 3 rings (SSSR count). The lowest BCUT2D eigenvalue weighted by Crippen LogP contribution is -2.47. The van der Waals surface area contributed by atoms with E-state index in [4.69, 9.17) is 27.9 Å². The summed E-state index contributed by atoms with van der Waals surface area (Å²) < 4.78 is 6.07. The molecule has 1 aliphatic rings. The van der Waals surface area contributed by atoms with Crippen LogP contribution in [0.4, 0.5) is 5.69 Å². The van der Waals surface area contributed by atoms with Crippen LogP contribution >= 0.6 is 39.1 Å². The number of halogens is 3. The van der Waals surface area contributed by atoms with E-state index in [1.807, 2.05) is 11.9 Å². The van der Waals surface area contributed by atoms with Crippen molar-refractivity contribution in [1.29, 1.82) is 0 Å². The van der Waals surface area contributed by atoms with Gasteiger partial charge in [0.05, 0.1) is 9.50 Å². The second-order valence-corrected chi connectivity index (χ2v) is 8.41. The van der Waals surface area contributed by atoms with Crippen molar-refractivity contribution in [2.45, 2.75) is 0 Å². The molecule has 2 aromatic rings. The lowest BCUT2D eigenvalue weighted by atomic mass is 10.1. The number of ether oxygens (including phenoxy) is 1. The molecule has 9 heteroatoms. The van der Waals surface area contributed by atoms with Gasteiger partial charge >= 0.3 is 0 Å². The number of piperazine rings is 1. The molecule has 1 aliphatic heterocycles. The molecule has 0 atom stereocenters. The van der Waals surface area contributed by atoms with Crippen LogP contribution in [0.5, 0.6) is 5.75 Å². The molecular weight excluding hydrogens is 481 g/mol. The van der Waals surface area contributed by atoms with Crippen LogP contribution in [-0.4, -0.2) is 61.4 Å².